The number of hydrogen-bond acceptors (Lipinski definition) is 1. The molecule has 0 N–H and O–H groups in total. The Morgan fingerprint density at radius 1 is 0.397 bits per heavy atom. The van der Waals surface area contributed by atoms with E-state index in [9.17, 15) is 0 Å². The van der Waals surface area contributed by atoms with Gasteiger partial charge in [0, 0.05) is 22.5 Å². The molecule has 0 saturated carbocycles. The third kappa shape index (κ3) is 5.14. The van der Waals surface area contributed by atoms with Crippen molar-refractivity contribution in [3.8, 4) is 33.4 Å². The fourth-order valence-corrected chi connectivity index (χ4v) is 10.5. The lowest BCUT2D eigenvalue weighted by Crippen LogP contribution is -2.27. The summed E-state index contributed by atoms with van der Waals surface area (Å²) in [6.45, 7) is 23.4. The first-order chi connectivity index (χ1) is 27.6. The molecule has 288 valence electrons. The molecule has 7 aromatic carbocycles. The van der Waals surface area contributed by atoms with Crippen molar-refractivity contribution >= 4 is 17.1 Å². The fourth-order valence-electron chi connectivity index (χ4n) is 10.5. The average Bonchev–Trinajstić information content (AvgIpc) is 3.75. The van der Waals surface area contributed by atoms with Gasteiger partial charge in [-0.05, 0) is 137 Å². The Kier molecular flexibility index (Phi) is 7.85. The van der Waals surface area contributed by atoms with Crippen LogP contribution in [-0.4, -0.2) is 0 Å². The van der Waals surface area contributed by atoms with E-state index < -0.39 is 5.41 Å². The topological polar surface area (TPSA) is 3.24 Å². The van der Waals surface area contributed by atoms with Crippen LogP contribution >= 0.6 is 0 Å². The first-order valence-electron chi connectivity index (χ1n) is 21.3. The van der Waals surface area contributed by atoms with Crippen LogP contribution in [0.2, 0.25) is 0 Å². The molecule has 0 fully saturated rings. The van der Waals surface area contributed by atoms with E-state index in [1.54, 1.807) is 0 Å². The van der Waals surface area contributed by atoms with Crippen LogP contribution in [0.5, 0.6) is 0 Å². The highest BCUT2D eigenvalue weighted by Crippen LogP contribution is 2.64. The summed E-state index contributed by atoms with van der Waals surface area (Å²) in [6.07, 6.45) is 0. The summed E-state index contributed by atoms with van der Waals surface area (Å²) in [5.41, 5.74) is 23.4. The minimum absolute atomic E-state index is 0.00428. The summed E-state index contributed by atoms with van der Waals surface area (Å²) < 4.78 is 0. The largest absolute Gasteiger partial charge is 0.310 e. The van der Waals surface area contributed by atoms with Gasteiger partial charge >= 0.3 is 0 Å². The maximum absolute atomic E-state index is 2.55. The molecule has 0 saturated heterocycles. The maximum atomic E-state index is 2.55. The summed E-state index contributed by atoms with van der Waals surface area (Å²) in [5, 5.41) is 0. The SMILES string of the molecule is CC(C)c1ccc(N(c2ccc3c(c2)C(C)(C)c2ccccc2-3)c2ccc3c(c2)C2(c4ccccc4-3)c3cc(C(C)(C)C)ccc3-c3ccc(C(C)(C)C)cc32)cc1. The molecular weight excluding hydrogens is 699 g/mol. The molecule has 0 amide bonds. The Hall–Kier alpha value is -5.66. The third-order valence-electron chi connectivity index (χ3n) is 13.8. The minimum Gasteiger partial charge on any atom is -0.310 e. The number of fused-ring (bicyclic) bond motifs is 13. The zero-order valence-electron chi connectivity index (χ0n) is 35.9. The van der Waals surface area contributed by atoms with E-state index in [1.807, 2.05) is 0 Å². The molecule has 0 bridgehead atoms. The summed E-state index contributed by atoms with van der Waals surface area (Å²) in [7, 11) is 0. The average molecular weight is 754 g/mol. The summed E-state index contributed by atoms with van der Waals surface area (Å²) >= 11 is 0. The Labute approximate surface area is 346 Å². The number of anilines is 3. The molecule has 0 aliphatic heterocycles. The first kappa shape index (κ1) is 36.7. The quantitative estimate of drug-likeness (QED) is 0.173. The van der Waals surface area contributed by atoms with Gasteiger partial charge in [0.1, 0.15) is 0 Å². The second kappa shape index (κ2) is 12.4. The number of benzene rings is 7. The zero-order valence-corrected chi connectivity index (χ0v) is 35.9. The van der Waals surface area contributed by atoms with Crippen LogP contribution in [0.3, 0.4) is 0 Å². The van der Waals surface area contributed by atoms with E-state index in [2.05, 4.69) is 220 Å². The lowest BCUT2D eigenvalue weighted by Gasteiger charge is -2.34. The normalized spacial score (nSPS) is 15.2. The summed E-state index contributed by atoms with van der Waals surface area (Å²) in [4.78, 5) is 2.51. The predicted octanol–water partition coefficient (Wildman–Crippen LogP) is 15.5. The standard InChI is InChI=1S/C57H55N/c1-35(2)36-19-23-39(24-20-36)58(40-25-29-44-42-15-11-13-17-48(42)56(9,10)50(44)33-40)41-26-30-47-43-16-12-14-18-49(43)57(53(47)34-41)51-31-37(54(3,4)5)21-27-45(51)46-28-22-38(32-52(46)57)55(6,7)8/h11-35H,1-10H3. The van der Waals surface area contributed by atoms with Crippen molar-refractivity contribution in [2.24, 2.45) is 0 Å². The van der Waals surface area contributed by atoms with Crippen LogP contribution in [0.1, 0.15) is 125 Å². The number of rotatable bonds is 4. The molecule has 0 unspecified atom stereocenters. The molecule has 0 atom stereocenters. The van der Waals surface area contributed by atoms with E-state index in [1.165, 1.54) is 101 Å². The Morgan fingerprint density at radius 2 is 0.793 bits per heavy atom. The minimum atomic E-state index is -0.468. The van der Waals surface area contributed by atoms with Crippen LogP contribution in [0.25, 0.3) is 33.4 Å². The molecule has 58 heavy (non-hydrogen) atoms. The van der Waals surface area contributed by atoms with E-state index in [0.29, 0.717) is 5.92 Å². The highest BCUT2D eigenvalue weighted by molar-refractivity contribution is 5.97. The van der Waals surface area contributed by atoms with Gasteiger partial charge in [-0.1, -0.05) is 178 Å². The lowest BCUT2D eigenvalue weighted by molar-refractivity contribution is 0.586. The van der Waals surface area contributed by atoms with E-state index in [-0.39, 0.29) is 16.2 Å². The summed E-state index contributed by atoms with van der Waals surface area (Å²) in [6, 6.07) is 56.6. The van der Waals surface area contributed by atoms with Crippen molar-refractivity contribution in [2.45, 2.75) is 96.8 Å². The highest BCUT2D eigenvalue weighted by atomic mass is 15.1. The van der Waals surface area contributed by atoms with E-state index in [4.69, 9.17) is 0 Å². The molecular formula is C57H55N. The van der Waals surface area contributed by atoms with Crippen molar-refractivity contribution in [1.82, 2.24) is 0 Å². The molecule has 0 heterocycles. The van der Waals surface area contributed by atoms with Crippen LogP contribution in [-0.2, 0) is 21.7 Å². The molecule has 1 nitrogen and oxygen atoms in total. The van der Waals surface area contributed by atoms with E-state index in [0.717, 1.165) is 0 Å². The van der Waals surface area contributed by atoms with Gasteiger partial charge in [0.25, 0.3) is 0 Å². The van der Waals surface area contributed by atoms with E-state index >= 15 is 0 Å². The van der Waals surface area contributed by atoms with Crippen LogP contribution in [0.15, 0.2) is 146 Å². The molecule has 0 radical (unpaired) electrons. The van der Waals surface area contributed by atoms with Gasteiger partial charge in [0.2, 0.25) is 0 Å². The highest BCUT2D eigenvalue weighted by Gasteiger charge is 2.52. The second-order valence-electron chi connectivity index (χ2n) is 20.0. The molecule has 7 aromatic rings. The fraction of sp³-hybridized carbons (Fsp3) is 0.263. The van der Waals surface area contributed by atoms with Crippen LogP contribution in [0, 0.1) is 0 Å². The molecule has 3 aliphatic rings. The molecule has 3 aliphatic carbocycles. The van der Waals surface area contributed by atoms with Gasteiger partial charge in [0.15, 0.2) is 0 Å². The van der Waals surface area contributed by atoms with Crippen LogP contribution < -0.4 is 4.90 Å². The van der Waals surface area contributed by atoms with Crippen LogP contribution in [0.4, 0.5) is 17.1 Å². The van der Waals surface area contributed by atoms with Crippen molar-refractivity contribution < 1.29 is 0 Å². The number of nitrogens with zero attached hydrogens (tertiary/aromatic N) is 1. The van der Waals surface area contributed by atoms with Gasteiger partial charge < -0.3 is 4.90 Å². The molecule has 1 heteroatoms. The van der Waals surface area contributed by atoms with Gasteiger partial charge in [-0.2, -0.15) is 0 Å². The molecule has 0 aromatic heterocycles. The first-order valence-corrected chi connectivity index (χ1v) is 21.3. The monoisotopic (exact) mass is 753 g/mol. The smallest absolute Gasteiger partial charge is 0.0726 e. The summed E-state index contributed by atoms with van der Waals surface area (Å²) in [5.74, 6) is 0.457. The van der Waals surface area contributed by atoms with Gasteiger partial charge in [-0.3, -0.25) is 0 Å². The van der Waals surface area contributed by atoms with Gasteiger partial charge in [-0.15, -0.1) is 0 Å². The molecule has 10 rings (SSSR count). The van der Waals surface area contributed by atoms with Crippen molar-refractivity contribution in [3.05, 3.63) is 196 Å². The molecule has 1 spiro atoms. The van der Waals surface area contributed by atoms with Gasteiger partial charge in [0.05, 0.1) is 5.41 Å². The van der Waals surface area contributed by atoms with Gasteiger partial charge in [-0.25, -0.2) is 0 Å². The Morgan fingerprint density at radius 3 is 1.31 bits per heavy atom. The van der Waals surface area contributed by atoms with Crippen molar-refractivity contribution in [3.63, 3.8) is 0 Å². The second-order valence-corrected chi connectivity index (χ2v) is 20.0. The third-order valence-corrected chi connectivity index (χ3v) is 13.8. The maximum Gasteiger partial charge on any atom is 0.0726 e. The Balaban J connectivity index is 1.26. The Bertz CT molecular complexity index is 2730. The van der Waals surface area contributed by atoms with Crippen molar-refractivity contribution in [2.75, 3.05) is 4.90 Å². The lowest BCUT2D eigenvalue weighted by atomic mass is 9.68. The van der Waals surface area contributed by atoms with Crippen molar-refractivity contribution in [1.29, 1.82) is 0 Å². The zero-order chi connectivity index (χ0) is 40.5. The number of hydrogen-bond donors (Lipinski definition) is 0. The predicted molar refractivity (Wildman–Crippen MR) is 246 cm³/mol.